The van der Waals surface area contributed by atoms with Gasteiger partial charge in [-0.15, -0.1) is 0 Å². The van der Waals surface area contributed by atoms with Crippen molar-refractivity contribution >= 4 is 16.8 Å². The van der Waals surface area contributed by atoms with Crippen LogP contribution in [0.15, 0.2) is 85.1 Å². The Labute approximate surface area is 174 Å². The lowest BCUT2D eigenvalue weighted by molar-refractivity contribution is -0.123. The fourth-order valence-corrected chi connectivity index (χ4v) is 3.52. The lowest BCUT2D eigenvalue weighted by Crippen LogP contribution is -2.32. The highest BCUT2D eigenvalue weighted by Gasteiger charge is 2.19. The predicted molar refractivity (Wildman–Crippen MR) is 116 cm³/mol. The molecule has 1 heterocycles. The van der Waals surface area contributed by atoms with E-state index in [9.17, 15) is 4.79 Å². The number of H-pyrrole nitrogens is 1. The number of carbonyl (C=O) groups excluding carboxylic acids is 1. The molecule has 2 N–H and O–H groups in total. The van der Waals surface area contributed by atoms with Crippen LogP contribution in [0.4, 0.5) is 0 Å². The fourth-order valence-electron chi connectivity index (χ4n) is 3.52. The van der Waals surface area contributed by atoms with Gasteiger partial charge in [0.25, 0.3) is 5.91 Å². The fraction of sp³-hybridized carbons (Fsp3) is 0.120. The van der Waals surface area contributed by atoms with E-state index in [-0.39, 0.29) is 18.4 Å². The molecule has 1 aromatic heterocycles. The molecule has 4 rings (SSSR count). The zero-order valence-electron chi connectivity index (χ0n) is 16.3. The molecule has 0 spiro atoms. The van der Waals surface area contributed by atoms with Crippen molar-refractivity contribution in [1.29, 1.82) is 5.26 Å². The number of benzene rings is 3. The molecule has 3 aromatic carbocycles. The molecule has 0 aliphatic carbocycles. The van der Waals surface area contributed by atoms with Crippen molar-refractivity contribution in [2.75, 3.05) is 13.2 Å². The van der Waals surface area contributed by atoms with Gasteiger partial charge in [-0.25, -0.2) is 0 Å². The van der Waals surface area contributed by atoms with E-state index in [2.05, 4.69) is 34.6 Å². The molecule has 1 amide bonds. The van der Waals surface area contributed by atoms with Crippen LogP contribution in [-0.4, -0.2) is 24.0 Å². The molecule has 148 valence electrons. The molecule has 5 heteroatoms. The Kier molecular flexibility index (Phi) is 5.77. The average molecular weight is 395 g/mol. The molecular weight excluding hydrogens is 374 g/mol. The van der Waals surface area contributed by atoms with Gasteiger partial charge in [0, 0.05) is 29.6 Å². The number of carbonyl (C=O) groups is 1. The molecule has 0 saturated carbocycles. The maximum Gasteiger partial charge on any atom is 0.257 e. The second-order valence-electron chi connectivity index (χ2n) is 6.98. The maximum absolute atomic E-state index is 12.4. The van der Waals surface area contributed by atoms with Crippen molar-refractivity contribution in [2.45, 2.75) is 5.92 Å². The minimum absolute atomic E-state index is 0.0150. The van der Waals surface area contributed by atoms with Crippen LogP contribution >= 0.6 is 0 Å². The van der Waals surface area contributed by atoms with E-state index in [1.807, 2.05) is 42.6 Å². The van der Waals surface area contributed by atoms with E-state index in [0.717, 1.165) is 22.0 Å². The van der Waals surface area contributed by atoms with E-state index in [4.69, 9.17) is 10.00 Å². The number of amides is 1. The van der Waals surface area contributed by atoms with Crippen molar-refractivity contribution in [2.24, 2.45) is 0 Å². The van der Waals surface area contributed by atoms with Crippen molar-refractivity contribution < 1.29 is 9.53 Å². The summed E-state index contributed by atoms with van der Waals surface area (Å²) in [5.74, 6) is 0.377. The third-order valence-electron chi connectivity index (χ3n) is 5.06. The quantitative estimate of drug-likeness (QED) is 0.488. The minimum Gasteiger partial charge on any atom is -0.484 e. The average Bonchev–Trinajstić information content (AvgIpc) is 3.23. The standard InChI is InChI=1S/C25H21N3O2/c26-14-18-10-12-20(13-11-18)30-17-25(29)28-15-22(19-6-2-1-3-7-19)23-16-27-24-9-5-4-8-21(23)24/h1-13,16,22,27H,15,17H2,(H,28,29). The molecule has 1 unspecified atom stereocenters. The Morgan fingerprint density at radius 3 is 2.50 bits per heavy atom. The van der Waals surface area contributed by atoms with Crippen molar-refractivity contribution in [3.8, 4) is 11.8 Å². The van der Waals surface area contributed by atoms with Gasteiger partial charge in [-0.1, -0.05) is 48.5 Å². The highest BCUT2D eigenvalue weighted by atomic mass is 16.5. The van der Waals surface area contributed by atoms with E-state index >= 15 is 0 Å². The molecule has 0 saturated heterocycles. The van der Waals surface area contributed by atoms with Crippen molar-refractivity contribution in [3.05, 3.63) is 102 Å². The van der Waals surface area contributed by atoms with Crippen LogP contribution in [0.25, 0.3) is 10.9 Å². The number of hydrogen-bond acceptors (Lipinski definition) is 3. The Morgan fingerprint density at radius 2 is 1.73 bits per heavy atom. The van der Waals surface area contributed by atoms with Gasteiger partial charge in [-0.2, -0.15) is 5.26 Å². The number of nitriles is 1. The number of fused-ring (bicyclic) bond motifs is 1. The third-order valence-corrected chi connectivity index (χ3v) is 5.06. The zero-order valence-corrected chi connectivity index (χ0v) is 16.3. The Balaban J connectivity index is 1.46. The molecule has 0 bridgehead atoms. The van der Waals surface area contributed by atoms with Crippen LogP contribution in [0.5, 0.6) is 5.75 Å². The first-order valence-electron chi connectivity index (χ1n) is 9.75. The Bertz CT molecular complexity index is 1170. The molecule has 5 nitrogen and oxygen atoms in total. The van der Waals surface area contributed by atoms with Crippen LogP contribution in [0, 0.1) is 11.3 Å². The van der Waals surface area contributed by atoms with E-state index in [0.29, 0.717) is 17.9 Å². The number of ether oxygens (including phenoxy) is 1. The number of aromatic amines is 1. The second-order valence-corrected chi connectivity index (χ2v) is 6.98. The molecule has 4 aromatic rings. The summed E-state index contributed by atoms with van der Waals surface area (Å²) in [5, 5.41) is 13.0. The molecule has 0 aliphatic heterocycles. The summed E-state index contributed by atoms with van der Waals surface area (Å²) in [4.78, 5) is 15.7. The summed E-state index contributed by atoms with van der Waals surface area (Å²) in [6.07, 6.45) is 2.02. The van der Waals surface area contributed by atoms with Crippen molar-refractivity contribution in [1.82, 2.24) is 10.3 Å². The Morgan fingerprint density at radius 1 is 1.00 bits per heavy atom. The number of hydrogen-bond donors (Lipinski definition) is 2. The van der Waals surface area contributed by atoms with Gasteiger partial charge in [0.1, 0.15) is 5.75 Å². The smallest absolute Gasteiger partial charge is 0.257 e. The largest absolute Gasteiger partial charge is 0.484 e. The topological polar surface area (TPSA) is 77.9 Å². The highest BCUT2D eigenvalue weighted by molar-refractivity contribution is 5.84. The number of aromatic nitrogens is 1. The monoisotopic (exact) mass is 395 g/mol. The molecule has 30 heavy (non-hydrogen) atoms. The van der Waals surface area contributed by atoms with Crippen LogP contribution in [-0.2, 0) is 4.79 Å². The van der Waals surface area contributed by atoms with E-state index in [1.165, 1.54) is 0 Å². The first-order chi connectivity index (χ1) is 14.7. The van der Waals surface area contributed by atoms with Gasteiger partial charge in [0.15, 0.2) is 6.61 Å². The van der Waals surface area contributed by atoms with Crippen LogP contribution in [0.3, 0.4) is 0 Å². The molecule has 0 aliphatic rings. The number of nitrogens with one attached hydrogen (secondary N) is 2. The lowest BCUT2D eigenvalue weighted by Gasteiger charge is -2.18. The predicted octanol–water partition coefficient (Wildman–Crippen LogP) is 4.37. The summed E-state index contributed by atoms with van der Waals surface area (Å²) >= 11 is 0. The normalized spacial score (nSPS) is 11.6. The van der Waals surface area contributed by atoms with Gasteiger partial charge in [0.2, 0.25) is 0 Å². The van der Waals surface area contributed by atoms with E-state index in [1.54, 1.807) is 24.3 Å². The summed E-state index contributed by atoms with van der Waals surface area (Å²) in [6, 6.07) is 27.1. The third kappa shape index (κ3) is 4.34. The van der Waals surface area contributed by atoms with Gasteiger partial charge in [0.05, 0.1) is 11.6 Å². The maximum atomic E-state index is 12.4. The zero-order chi connectivity index (χ0) is 20.8. The van der Waals surface area contributed by atoms with E-state index < -0.39 is 0 Å². The SMILES string of the molecule is N#Cc1ccc(OCC(=O)NCC(c2ccccc2)c2c[nH]c3ccccc23)cc1. The number of rotatable bonds is 7. The first kappa shape index (κ1) is 19.3. The molecular formula is C25H21N3O2. The summed E-state index contributed by atoms with van der Waals surface area (Å²) in [5.41, 5.74) is 3.90. The highest BCUT2D eigenvalue weighted by Crippen LogP contribution is 2.30. The first-order valence-corrected chi connectivity index (χ1v) is 9.75. The van der Waals surface area contributed by atoms with Crippen molar-refractivity contribution in [3.63, 3.8) is 0 Å². The molecule has 0 fully saturated rings. The van der Waals surface area contributed by atoms with Gasteiger partial charge in [-0.05, 0) is 41.5 Å². The van der Waals surface area contributed by atoms with Gasteiger partial charge in [-0.3, -0.25) is 4.79 Å². The molecule has 1 atom stereocenters. The number of nitrogens with zero attached hydrogens (tertiary/aromatic N) is 1. The minimum atomic E-state index is -0.194. The molecule has 0 radical (unpaired) electrons. The summed E-state index contributed by atoms with van der Waals surface area (Å²) in [6.45, 7) is 0.378. The van der Waals surface area contributed by atoms with Crippen LogP contribution in [0.1, 0.15) is 22.6 Å². The summed E-state index contributed by atoms with van der Waals surface area (Å²) < 4.78 is 5.54. The van der Waals surface area contributed by atoms with Crippen LogP contribution in [0.2, 0.25) is 0 Å². The Hall–Kier alpha value is -4.04. The number of para-hydroxylation sites is 1. The second kappa shape index (κ2) is 8.97. The van der Waals surface area contributed by atoms with Gasteiger partial charge >= 0.3 is 0 Å². The van der Waals surface area contributed by atoms with Gasteiger partial charge < -0.3 is 15.0 Å². The lowest BCUT2D eigenvalue weighted by atomic mass is 9.91. The summed E-state index contributed by atoms with van der Waals surface area (Å²) in [7, 11) is 0. The van der Waals surface area contributed by atoms with Crippen LogP contribution < -0.4 is 10.1 Å².